The van der Waals surface area contributed by atoms with E-state index in [9.17, 15) is 0 Å². The van der Waals surface area contributed by atoms with Gasteiger partial charge in [0.15, 0.2) is 5.58 Å². The zero-order valence-corrected chi connectivity index (χ0v) is 17.9. The summed E-state index contributed by atoms with van der Waals surface area (Å²) in [5.74, 6) is 0.602. The minimum absolute atomic E-state index is 0.602. The van der Waals surface area contributed by atoms with Gasteiger partial charge in [0.05, 0.1) is 16.6 Å². The minimum atomic E-state index is 0.602. The van der Waals surface area contributed by atoms with Crippen molar-refractivity contribution in [1.82, 2.24) is 19.5 Å². The maximum atomic E-state index is 6.46. The largest absolute Gasteiger partial charge is 0.454 e. The molecule has 0 aliphatic carbocycles. The molecule has 0 amide bonds. The average molecular weight is 436 g/mol. The Bertz CT molecular complexity index is 2080. The number of nitrogens with zero attached hydrogens (tertiary/aromatic N) is 4. The maximum Gasteiger partial charge on any atom is 0.235 e. The summed E-state index contributed by atoms with van der Waals surface area (Å²) in [5.41, 5.74) is 5.44. The fourth-order valence-corrected chi connectivity index (χ4v) is 5.17. The summed E-state index contributed by atoms with van der Waals surface area (Å²) in [5, 5.41) is 6.43. The predicted molar refractivity (Wildman–Crippen MR) is 136 cm³/mol. The van der Waals surface area contributed by atoms with Gasteiger partial charge in [-0.05, 0) is 24.3 Å². The third kappa shape index (κ3) is 2.25. The van der Waals surface area contributed by atoms with E-state index in [0.29, 0.717) is 5.95 Å². The fourth-order valence-electron chi connectivity index (χ4n) is 5.17. The van der Waals surface area contributed by atoms with Crippen LogP contribution in [0.25, 0.3) is 71.5 Å². The van der Waals surface area contributed by atoms with Crippen LogP contribution in [0.3, 0.4) is 0 Å². The number of fused-ring (bicyclic) bond motifs is 10. The molecule has 0 spiro atoms. The van der Waals surface area contributed by atoms with Gasteiger partial charge in [-0.3, -0.25) is 9.55 Å². The standard InChI is InChI=1S/C29H16N4O/c1-3-9-23-18(6-1)16-31-29(32-23)33-26-20(12-11-17-7-5-15-30-25(17)26)21-13-14-22-19-8-2-4-10-24(19)34-28(22)27(21)33/h1-16H. The van der Waals surface area contributed by atoms with Crippen LogP contribution >= 0.6 is 0 Å². The van der Waals surface area contributed by atoms with Crippen molar-refractivity contribution in [3.63, 3.8) is 0 Å². The molecule has 4 aromatic carbocycles. The number of aromatic nitrogens is 4. The highest BCUT2D eigenvalue weighted by Gasteiger charge is 2.22. The number of hydrogen-bond donors (Lipinski definition) is 0. The van der Waals surface area contributed by atoms with E-state index < -0.39 is 0 Å². The van der Waals surface area contributed by atoms with Crippen molar-refractivity contribution in [3.05, 3.63) is 97.3 Å². The molecular formula is C29H16N4O. The molecule has 5 heteroatoms. The van der Waals surface area contributed by atoms with Gasteiger partial charge in [0.2, 0.25) is 5.95 Å². The van der Waals surface area contributed by atoms with E-state index in [-0.39, 0.29) is 0 Å². The summed E-state index contributed by atoms with van der Waals surface area (Å²) >= 11 is 0. The molecule has 0 saturated heterocycles. The number of benzene rings is 4. The van der Waals surface area contributed by atoms with Gasteiger partial charge >= 0.3 is 0 Å². The first-order chi connectivity index (χ1) is 16.9. The number of para-hydroxylation sites is 2. The number of pyridine rings is 1. The molecule has 0 aliphatic rings. The topological polar surface area (TPSA) is 56.7 Å². The van der Waals surface area contributed by atoms with Crippen LogP contribution in [0.5, 0.6) is 0 Å². The van der Waals surface area contributed by atoms with Gasteiger partial charge in [-0.2, -0.15) is 0 Å². The second-order valence-corrected chi connectivity index (χ2v) is 8.54. The Morgan fingerprint density at radius 1 is 0.618 bits per heavy atom. The Morgan fingerprint density at radius 3 is 2.41 bits per heavy atom. The van der Waals surface area contributed by atoms with Gasteiger partial charge < -0.3 is 4.42 Å². The summed E-state index contributed by atoms with van der Waals surface area (Å²) in [4.78, 5) is 14.5. The quantitative estimate of drug-likeness (QED) is 0.274. The SMILES string of the molecule is c1ccc2nc(-n3c4c(ccc5cccnc54)c4ccc5c6ccccc6oc5c43)ncc2c1. The number of rotatable bonds is 1. The number of hydrogen-bond acceptors (Lipinski definition) is 4. The third-order valence-corrected chi connectivity index (χ3v) is 6.68. The van der Waals surface area contributed by atoms with Crippen molar-refractivity contribution in [3.8, 4) is 5.95 Å². The van der Waals surface area contributed by atoms with Gasteiger partial charge in [0.25, 0.3) is 0 Å². The van der Waals surface area contributed by atoms with Crippen LogP contribution in [-0.2, 0) is 0 Å². The molecule has 0 atom stereocenters. The summed E-state index contributed by atoms with van der Waals surface area (Å²) in [6.45, 7) is 0. The normalized spacial score (nSPS) is 12.1. The van der Waals surface area contributed by atoms with Gasteiger partial charge in [-0.25, -0.2) is 9.97 Å². The van der Waals surface area contributed by atoms with Gasteiger partial charge in [-0.15, -0.1) is 0 Å². The zero-order chi connectivity index (χ0) is 22.2. The fraction of sp³-hybridized carbons (Fsp3) is 0. The van der Waals surface area contributed by atoms with E-state index in [1.54, 1.807) is 0 Å². The molecule has 0 fully saturated rings. The highest BCUT2D eigenvalue weighted by Crippen LogP contribution is 2.41. The second-order valence-electron chi connectivity index (χ2n) is 8.54. The lowest BCUT2D eigenvalue weighted by Gasteiger charge is -2.08. The molecule has 0 saturated carbocycles. The molecule has 0 N–H and O–H groups in total. The Kier molecular flexibility index (Phi) is 3.34. The number of furan rings is 1. The summed E-state index contributed by atoms with van der Waals surface area (Å²) in [6.07, 6.45) is 3.72. The summed E-state index contributed by atoms with van der Waals surface area (Å²) in [7, 11) is 0. The van der Waals surface area contributed by atoms with Gasteiger partial charge in [-0.1, -0.05) is 60.7 Å². The lowest BCUT2D eigenvalue weighted by atomic mass is 10.1. The minimum Gasteiger partial charge on any atom is -0.454 e. The molecule has 0 radical (unpaired) electrons. The maximum absolute atomic E-state index is 6.46. The molecule has 158 valence electrons. The van der Waals surface area contributed by atoms with Crippen LogP contribution in [0.2, 0.25) is 0 Å². The Balaban J connectivity index is 1.65. The van der Waals surface area contributed by atoms with Gasteiger partial charge in [0, 0.05) is 44.7 Å². The van der Waals surface area contributed by atoms with E-state index in [2.05, 4.69) is 41.0 Å². The molecule has 8 aromatic rings. The van der Waals surface area contributed by atoms with Crippen molar-refractivity contribution >= 4 is 65.6 Å². The molecular weight excluding hydrogens is 420 g/mol. The first kappa shape index (κ1) is 17.7. The van der Waals surface area contributed by atoms with Crippen molar-refractivity contribution in [2.45, 2.75) is 0 Å². The highest BCUT2D eigenvalue weighted by molar-refractivity contribution is 6.24. The summed E-state index contributed by atoms with van der Waals surface area (Å²) in [6, 6.07) is 28.9. The zero-order valence-electron chi connectivity index (χ0n) is 17.9. The summed E-state index contributed by atoms with van der Waals surface area (Å²) < 4.78 is 8.58. The van der Waals surface area contributed by atoms with Crippen molar-refractivity contribution in [1.29, 1.82) is 0 Å². The van der Waals surface area contributed by atoms with E-state index in [1.165, 1.54) is 0 Å². The first-order valence-electron chi connectivity index (χ1n) is 11.2. The monoisotopic (exact) mass is 436 g/mol. The molecule has 4 heterocycles. The van der Waals surface area contributed by atoms with Crippen molar-refractivity contribution in [2.24, 2.45) is 0 Å². The van der Waals surface area contributed by atoms with Crippen LogP contribution in [0.1, 0.15) is 0 Å². The van der Waals surface area contributed by atoms with Crippen molar-refractivity contribution < 1.29 is 4.42 Å². The van der Waals surface area contributed by atoms with Crippen LogP contribution in [0.15, 0.2) is 102 Å². The second kappa shape index (κ2) is 6.39. The van der Waals surface area contributed by atoms with E-state index >= 15 is 0 Å². The molecule has 0 aliphatic heterocycles. The van der Waals surface area contributed by atoms with Crippen LogP contribution in [0, 0.1) is 0 Å². The molecule has 5 nitrogen and oxygen atoms in total. The Labute approximate surface area is 192 Å². The molecule has 0 unspecified atom stereocenters. The molecule has 8 rings (SSSR count). The van der Waals surface area contributed by atoms with E-state index in [0.717, 1.165) is 65.6 Å². The van der Waals surface area contributed by atoms with E-state index in [4.69, 9.17) is 19.4 Å². The van der Waals surface area contributed by atoms with Crippen LogP contribution in [-0.4, -0.2) is 19.5 Å². The van der Waals surface area contributed by atoms with Gasteiger partial charge in [0.1, 0.15) is 11.1 Å². The highest BCUT2D eigenvalue weighted by atomic mass is 16.3. The van der Waals surface area contributed by atoms with Crippen molar-refractivity contribution in [2.75, 3.05) is 0 Å². The predicted octanol–water partition coefficient (Wildman–Crippen LogP) is 7.17. The smallest absolute Gasteiger partial charge is 0.235 e. The molecule has 34 heavy (non-hydrogen) atoms. The lowest BCUT2D eigenvalue weighted by Crippen LogP contribution is -2.02. The third-order valence-electron chi connectivity index (χ3n) is 6.68. The van der Waals surface area contributed by atoms with E-state index in [1.807, 2.05) is 60.9 Å². The average Bonchev–Trinajstić information content (AvgIpc) is 3.44. The Hall–Kier alpha value is -4.77. The van der Waals surface area contributed by atoms with Crippen LogP contribution in [0.4, 0.5) is 0 Å². The Morgan fingerprint density at radius 2 is 1.41 bits per heavy atom. The molecule has 4 aromatic heterocycles. The van der Waals surface area contributed by atoms with Crippen LogP contribution < -0.4 is 0 Å². The lowest BCUT2D eigenvalue weighted by molar-refractivity contribution is 0.671. The molecule has 0 bridgehead atoms. The first-order valence-corrected chi connectivity index (χ1v) is 11.2.